The third-order valence-electron chi connectivity index (χ3n) is 2.66. The van der Waals surface area contributed by atoms with E-state index in [1.54, 1.807) is 0 Å². The first-order valence-corrected chi connectivity index (χ1v) is 5.74. The Balaban J connectivity index is 1.93. The lowest BCUT2D eigenvalue weighted by Gasteiger charge is -2.30. The summed E-state index contributed by atoms with van der Waals surface area (Å²) in [4.78, 5) is 10.6. The lowest BCUT2D eigenvalue weighted by atomic mass is 10.1. The average molecular weight is 245 g/mol. The highest BCUT2D eigenvalue weighted by atomic mass is 16.7. The number of hydrogen-bond acceptors (Lipinski definition) is 5. The van der Waals surface area contributed by atoms with Gasteiger partial charge in [0.2, 0.25) is 0 Å². The van der Waals surface area contributed by atoms with Crippen LogP contribution in [0.1, 0.15) is 20.8 Å². The van der Waals surface area contributed by atoms with Gasteiger partial charge in [-0.25, -0.2) is 4.79 Å². The minimum atomic E-state index is -0.807. The molecular formula is C11H19NO5. The third-order valence-corrected chi connectivity index (χ3v) is 2.66. The molecule has 0 aromatic rings. The Kier molecular flexibility index (Phi) is 3.29. The number of primary amides is 1. The summed E-state index contributed by atoms with van der Waals surface area (Å²) in [5, 5.41) is 0. The first kappa shape index (κ1) is 12.6. The van der Waals surface area contributed by atoms with Gasteiger partial charge in [0.15, 0.2) is 0 Å². The fraction of sp³-hybridized carbons (Fsp3) is 0.909. The lowest BCUT2D eigenvalue weighted by molar-refractivity contribution is -0.146. The van der Waals surface area contributed by atoms with Gasteiger partial charge in [-0.2, -0.15) is 0 Å². The Morgan fingerprint density at radius 2 is 2.24 bits per heavy atom. The molecule has 6 nitrogen and oxygen atoms in total. The Labute approximate surface area is 100 Å². The maximum atomic E-state index is 10.6. The molecule has 0 unspecified atom stereocenters. The van der Waals surface area contributed by atoms with Gasteiger partial charge in [0.1, 0.15) is 31.0 Å². The van der Waals surface area contributed by atoms with Gasteiger partial charge in [-0.05, 0) is 20.8 Å². The number of hydrogen-bond donors (Lipinski definition) is 1. The maximum Gasteiger partial charge on any atom is 0.404 e. The van der Waals surface area contributed by atoms with E-state index in [0.29, 0.717) is 6.61 Å². The molecule has 4 atom stereocenters. The molecule has 98 valence electrons. The molecule has 2 aliphatic heterocycles. The molecule has 2 N–H and O–H groups in total. The van der Waals surface area contributed by atoms with Gasteiger partial charge >= 0.3 is 6.09 Å². The summed E-state index contributed by atoms with van der Waals surface area (Å²) in [6.07, 6.45) is -1.09. The molecular weight excluding hydrogens is 226 g/mol. The van der Waals surface area contributed by atoms with E-state index in [0.717, 1.165) is 0 Å². The van der Waals surface area contributed by atoms with Crippen molar-refractivity contribution in [1.29, 1.82) is 0 Å². The van der Waals surface area contributed by atoms with Crippen LogP contribution in [0.2, 0.25) is 0 Å². The summed E-state index contributed by atoms with van der Waals surface area (Å²) in [5.74, 6) is 0. The first-order valence-electron chi connectivity index (χ1n) is 5.74. The van der Waals surface area contributed by atoms with Gasteiger partial charge < -0.3 is 24.7 Å². The van der Waals surface area contributed by atoms with E-state index in [-0.39, 0.29) is 36.6 Å². The third kappa shape index (κ3) is 3.31. The summed E-state index contributed by atoms with van der Waals surface area (Å²) < 4.78 is 21.6. The van der Waals surface area contributed by atoms with E-state index in [1.807, 2.05) is 20.8 Å². The molecule has 2 aliphatic rings. The Morgan fingerprint density at radius 3 is 2.65 bits per heavy atom. The standard InChI is InChI=1S/C11H19NO5/c1-11(2,3)17-7(5-15-10(12)13)8-9-6(16-9)4-14-8/h6-9H,4-5H2,1-3H3,(H2,12,13)/t6-,7+,8+,9-/m0/s1. The highest BCUT2D eigenvalue weighted by Crippen LogP contribution is 2.37. The molecule has 2 heterocycles. The van der Waals surface area contributed by atoms with Crippen molar-refractivity contribution in [3.05, 3.63) is 0 Å². The molecule has 17 heavy (non-hydrogen) atoms. The summed E-state index contributed by atoms with van der Waals surface area (Å²) >= 11 is 0. The van der Waals surface area contributed by atoms with E-state index in [9.17, 15) is 4.79 Å². The van der Waals surface area contributed by atoms with E-state index >= 15 is 0 Å². The number of rotatable bonds is 4. The Hall–Kier alpha value is -0.850. The number of epoxide rings is 1. The van der Waals surface area contributed by atoms with Crippen molar-refractivity contribution < 1.29 is 23.7 Å². The zero-order valence-electron chi connectivity index (χ0n) is 10.3. The fourth-order valence-electron chi connectivity index (χ4n) is 2.01. The second kappa shape index (κ2) is 4.44. The molecule has 0 aromatic carbocycles. The predicted molar refractivity (Wildman–Crippen MR) is 58.6 cm³/mol. The Morgan fingerprint density at radius 1 is 1.53 bits per heavy atom. The largest absolute Gasteiger partial charge is 0.447 e. The maximum absolute atomic E-state index is 10.6. The van der Waals surface area contributed by atoms with E-state index in [4.69, 9.17) is 24.7 Å². The molecule has 0 aromatic heterocycles. The fourth-order valence-corrected chi connectivity index (χ4v) is 2.01. The first-order chi connectivity index (χ1) is 7.87. The molecule has 0 radical (unpaired) electrons. The zero-order valence-corrected chi connectivity index (χ0v) is 10.3. The second-order valence-corrected chi connectivity index (χ2v) is 5.34. The molecule has 6 heteroatoms. The monoisotopic (exact) mass is 245 g/mol. The van der Waals surface area contributed by atoms with Crippen LogP contribution in [-0.4, -0.2) is 49.3 Å². The van der Waals surface area contributed by atoms with Crippen LogP contribution in [-0.2, 0) is 18.9 Å². The number of amides is 1. The SMILES string of the molecule is CC(C)(C)O[C@H](COC(N)=O)[C@H]1OC[C@@H]2O[C@H]12. The molecule has 0 bridgehead atoms. The van der Waals surface area contributed by atoms with Crippen LogP contribution in [0.4, 0.5) is 4.79 Å². The minimum Gasteiger partial charge on any atom is -0.447 e. The second-order valence-electron chi connectivity index (χ2n) is 5.34. The summed E-state index contributed by atoms with van der Waals surface area (Å²) in [5.41, 5.74) is 4.61. The number of carbonyl (C=O) groups is 1. The van der Waals surface area contributed by atoms with Crippen LogP contribution in [0.15, 0.2) is 0 Å². The van der Waals surface area contributed by atoms with Crippen LogP contribution in [0.5, 0.6) is 0 Å². The molecule has 1 amide bonds. The van der Waals surface area contributed by atoms with Crippen molar-refractivity contribution in [3.8, 4) is 0 Å². The van der Waals surface area contributed by atoms with Crippen molar-refractivity contribution in [2.75, 3.05) is 13.2 Å². The van der Waals surface area contributed by atoms with Gasteiger partial charge in [0.05, 0.1) is 12.2 Å². The van der Waals surface area contributed by atoms with Gasteiger partial charge in [-0.15, -0.1) is 0 Å². The number of nitrogens with two attached hydrogens (primary N) is 1. The van der Waals surface area contributed by atoms with Crippen LogP contribution < -0.4 is 5.73 Å². The summed E-state index contributed by atoms with van der Waals surface area (Å²) in [6.45, 7) is 6.47. The summed E-state index contributed by atoms with van der Waals surface area (Å²) in [7, 11) is 0. The summed E-state index contributed by atoms with van der Waals surface area (Å²) in [6, 6.07) is 0. The number of carbonyl (C=O) groups excluding carboxylic acids is 1. The highest BCUT2D eigenvalue weighted by Gasteiger charge is 2.55. The minimum absolute atomic E-state index is 0.0684. The van der Waals surface area contributed by atoms with Crippen molar-refractivity contribution in [3.63, 3.8) is 0 Å². The van der Waals surface area contributed by atoms with Gasteiger partial charge in [0, 0.05) is 0 Å². The molecule has 0 saturated carbocycles. The van der Waals surface area contributed by atoms with Crippen molar-refractivity contribution in [2.24, 2.45) is 5.73 Å². The predicted octanol–water partition coefficient (Wildman–Crippen LogP) is 0.432. The van der Waals surface area contributed by atoms with E-state index < -0.39 is 6.09 Å². The normalized spacial score (nSPS) is 33.0. The van der Waals surface area contributed by atoms with E-state index in [2.05, 4.69) is 0 Å². The molecule has 0 spiro atoms. The number of fused-ring (bicyclic) bond motifs is 1. The van der Waals surface area contributed by atoms with Gasteiger partial charge in [0.25, 0.3) is 0 Å². The molecule has 2 rings (SSSR count). The zero-order chi connectivity index (χ0) is 12.6. The van der Waals surface area contributed by atoms with Crippen molar-refractivity contribution in [2.45, 2.75) is 50.8 Å². The van der Waals surface area contributed by atoms with E-state index in [1.165, 1.54) is 0 Å². The van der Waals surface area contributed by atoms with Crippen LogP contribution in [0, 0.1) is 0 Å². The van der Waals surface area contributed by atoms with Crippen LogP contribution in [0.25, 0.3) is 0 Å². The van der Waals surface area contributed by atoms with Crippen molar-refractivity contribution >= 4 is 6.09 Å². The van der Waals surface area contributed by atoms with Crippen molar-refractivity contribution in [1.82, 2.24) is 0 Å². The lowest BCUT2D eigenvalue weighted by Crippen LogP contribution is -2.43. The molecule has 2 saturated heterocycles. The van der Waals surface area contributed by atoms with Gasteiger partial charge in [-0.1, -0.05) is 0 Å². The smallest absolute Gasteiger partial charge is 0.404 e. The van der Waals surface area contributed by atoms with Crippen LogP contribution in [0.3, 0.4) is 0 Å². The van der Waals surface area contributed by atoms with Crippen LogP contribution >= 0.6 is 0 Å². The quantitative estimate of drug-likeness (QED) is 0.726. The molecule has 2 fully saturated rings. The Bertz CT molecular complexity index is 301. The highest BCUT2D eigenvalue weighted by molar-refractivity contribution is 5.64. The number of ether oxygens (including phenoxy) is 4. The average Bonchev–Trinajstić information content (AvgIpc) is 2.84. The molecule has 0 aliphatic carbocycles. The van der Waals surface area contributed by atoms with Gasteiger partial charge in [-0.3, -0.25) is 0 Å². The topological polar surface area (TPSA) is 83.3 Å².